The highest BCUT2D eigenvalue weighted by molar-refractivity contribution is 5.93. The summed E-state index contributed by atoms with van der Waals surface area (Å²) >= 11 is 0. The van der Waals surface area contributed by atoms with Gasteiger partial charge in [-0.1, -0.05) is 6.07 Å². The zero-order chi connectivity index (χ0) is 15.4. The molecule has 1 aromatic carbocycles. The normalized spacial score (nSPS) is 16.3. The summed E-state index contributed by atoms with van der Waals surface area (Å²) in [7, 11) is 0. The fourth-order valence-corrected chi connectivity index (χ4v) is 2.45. The van der Waals surface area contributed by atoms with Gasteiger partial charge < -0.3 is 20.5 Å². The van der Waals surface area contributed by atoms with Gasteiger partial charge >= 0.3 is 5.97 Å². The van der Waals surface area contributed by atoms with E-state index in [1.165, 1.54) is 6.07 Å². The number of likely N-dealkylation sites (tertiary alicyclic amines) is 1. The van der Waals surface area contributed by atoms with Crippen molar-refractivity contribution in [3.63, 3.8) is 0 Å². The van der Waals surface area contributed by atoms with E-state index in [0.717, 1.165) is 32.4 Å². The number of carboxylic acid groups (broad SMARTS) is 1. The molecule has 1 unspecified atom stereocenters. The molecule has 1 saturated heterocycles. The maximum absolute atomic E-state index is 12.3. The summed E-state index contributed by atoms with van der Waals surface area (Å²) in [5.41, 5.74) is 5.95. The Labute approximate surface area is 123 Å². The van der Waals surface area contributed by atoms with Crippen LogP contribution in [0.1, 0.15) is 36.5 Å². The summed E-state index contributed by atoms with van der Waals surface area (Å²) in [4.78, 5) is 25.3. The largest absolute Gasteiger partial charge is 0.478 e. The van der Waals surface area contributed by atoms with Gasteiger partial charge in [-0.15, -0.1) is 0 Å². The lowest BCUT2D eigenvalue weighted by molar-refractivity contribution is -0.138. The topological polar surface area (TPSA) is 92.9 Å². The van der Waals surface area contributed by atoms with Crippen molar-refractivity contribution in [2.75, 3.05) is 18.8 Å². The third-order valence-corrected chi connectivity index (χ3v) is 3.59. The number of hydrogen-bond acceptors (Lipinski definition) is 4. The molecule has 6 nitrogen and oxygen atoms in total. The molecule has 114 valence electrons. The fraction of sp³-hybridized carbons (Fsp3) is 0.467. The minimum Gasteiger partial charge on any atom is -0.478 e. The summed E-state index contributed by atoms with van der Waals surface area (Å²) in [5.74, 6) is -1.20. The maximum atomic E-state index is 12.3. The first-order valence-corrected chi connectivity index (χ1v) is 7.08. The number of nitrogens with two attached hydrogens (primary N) is 1. The van der Waals surface area contributed by atoms with Crippen LogP contribution in [0.5, 0.6) is 5.75 Å². The molecule has 6 heteroatoms. The van der Waals surface area contributed by atoms with Gasteiger partial charge in [-0.2, -0.15) is 0 Å². The number of carbonyl (C=O) groups excluding carboxylic acids is 1. The van der Waals surface area contributed by atoms with Gasteiger partial charge in [0.1, 0.15) is 5.56 Å². The van der Waals surface area contributed by atoms with E-state index in [2.05, 4.69) is 0 Å². The number of piperidine rings is 1. The Kier molecular flexibility index (Phi) is 4.67. The summed E-state index contributed by atoms with van der Waals surface area (Å²) < 4.78 is 5.56. The molecule has 0 aromatic heterocycles. The minimum atomic E-state index is -1.13. The highest BCUT2D eigenvalue weighted by Gasteiger charge is 2.25. The van der Waals surface area contributed by atoms with Crippen molar-refractivity contribution in [2.45, 2.75) is 32.3 Å². The Hall–Kier alpha value is -2.24. The standard InChI is InChI=1S/C15H20N2O4/c1-10(14(18)17-8-3-2-4-9-17)21-13-11(15(19)20)6-5-7-12(13)16/h5-7,10H,2-4,8-9,16H2,1H3,(H,19,20). The van der Waals surface area contributed by atoms with Gasteiger partial charge in [0.25, 0.3) is 5.91 Å². The molecular weight excluding hydrogens is 272 g/mol. The molecule has 0 aliphatic carbocycles. The monoisotopic (exact) mass is 292 g/mol. The van der Waals surface area contributed by atoms with Crippen molar-refractivity contribution < 1.29 is 19.4 Å². The second-order valence-electron chi connectivity index (χ2n) is 5.18. The minimum absolute atomic E-state index is 0.0340. The van der Waals surface area contributed by atoms with E-state index in [-0.39, 0.29) is 22.9 Å². The molecule has 1 aliphatic rings. The quantitative estimate of drug-likeness (QED) is 0.825. The lowest BCUT2D eigenvalue weighted by Gasteiger charge is -2.29. The number of para-hydroxylation sites is 1. The van der Waals surface area contributed by atoms with E-state index in [9.17, 15) is 9.59 Å². The smallest absolute Gasteiger partial charge is 0.339 e. The summed E-state index contributed by atoms with van der Waals surface area (Å²) in [5, 5.41) is 9.16. The van der Waals surface area contributed by atoms with Gasteiger partial charge in [0, 0.05) is 13.1 Å². The molecule has 2 rings (SSSR count). The van der Waals surface area contributed by atoms with Crippen molar-refractivity contribution >= 4 is 17.6 Å². The van der Waals surface area contributed by atoms with E-state index in [4.69, 9.17) is 15.6 Å². The van der Waals surface area contributed by atoms with Gasteiger partial charge in [-0.05, 0) is 38.3 Å². The molecule has 1 aliphatic heterocycles. The second kappa shape index (κ2) is 6.47. The first kappa shape index (κ1) is 15.2. The van der Waals surface area contributed by atoms with Crippen LogP contribution in [0.2, 0.25) is 0 Å². The molecule has 1 heterocycles. The van der Waals surface area contributed by atoms with Crippen molar-refractivity contribution in [2.24, 2.45) is 0 Å². The van der Waals surface area contributed by atoms with Gasteiger partial charge in [0.05, 0.1) is 5.69 Å². The molecule has 0 bridgehead atoms. The average molecular weight is 292 g/mol. The molecule has 3 N–H and O–H groups in total. The van der Waals surface area contributed by atoms with Crippen LogP contribution in [-0.2, 0) is 4.79 Å². The Balaban J connectivity index is 2.13. The SMILES string of the molecule is CC(Oc1c(N)cccc1C(=O)O)C(=O)N1CCCCC1. The van der Waals surface area contributed by atoms with Crippen molar-refractivity contribution in [3.05, 3.63) is 23.8 Å². The molecular formula is C15H20N2O4. The lowest BCUT2D eigenvalue weighted by Crippen LogP contribution is -2.43. The zero-order valence-electron chi connectivity index (χ0n) is 12.0. The van der Waals surface area contributed by atoms with Crippen LogP contribution >= 0.6 is 0 Å². The van der Waals surface area contributed by atoms with Crippen LogP contribution in [0.15, 0.2) is 18.2 Å². The molecule has 1 aromatic rings. The third-order valence-electron chi connectivity index (χ3n) is 3.59. The van der Waals surface area contributed by atoms with Crippen LogP contribution in [0.25, 0.3) is 0 Å². The van der Waals surface area contributed by atoms with E-state index in [1.54, 1.807) is 24.0 Å². The second-order valence-corrected chi connectivity index (χ2v) is 5.18. The molecule has 1 fully saturated rings. The van der Waals surface area contributed by atoms with Crippen molar-refractivity contribution in [1.29, 1.82) is 0 Å². The maximum Gasteiger partial charge on any atom is 0.339 e. The first-order chi connectivity index (χ1) is 10.0. The van der Waals surface area contributed by atoms with Gasteiger partial charge in [0.2, 0.25) is 0 Å². The highest BCUT2D eigenvalue weighted by Crippen LogP contribution is 2.28. The number of aromatic carboxylic acids is 1. The number of rotatable bonds is 4. The average Bonchev–Trinajstić information content (AvgIpc) is 2.49. The van der Waals surface area contributed by atoms with E-state index >= 15 is 0 Å². The number of carbonyl (C=O) groups is 2. The van der Waals surface area contributed by atoms with Crippen LogP contribution in [0.3, 0.4) is 0 Å². The van der Waals surface area contributed by atoms with E-state index in [0.29, 0.717) is 0 Å². The molecule has 1 amide bonds. The zero-order valence-corrected chi connectivity index (χ0v) is 12.0. The predicted molar refractivity (Wildman–Crippen MR) is 78.3 cm³/mol. The number of anilines is 1. The molecule has 0 spiro atoms. The lowest BCUT2D eigenvalue weighted by atomic mass is 10.1. The van der Waals surface area contributed by atoms with E-state index in [1.807, 2.05) is 0 Å². The molecule has 0 radical (unpaired) electrons. The number of ether oxygens (including phenoxy) is 1. The fourth-order valence-electron chi connectivity index (χ4n) is 2.45. The summed E-state index contributed by atoms with van der Waals surface area (Å²) in [6.07, 6.45) is 2.36. The molecule has 0 saturated carbocycles. The van der Waals surface area contributed by atoms with Gasteiger partial charge in [0.15, 0.2) is 11.9 Å². The summed E-state index contributed by atoms with van der Waals surface area (Å²) in [6, 6.07) is 4.51. The number of benzene rings is 1. The molecule has 21 heavy (non-hydrogen) atoms. The highest BCUT2D eigenvalue weighted by atomic mass is 16.5. The number of carboxylic acids is 1. The van der Waals surface area contributed by atoms with Crippen molar-refractivity contribution in [1.82, 2.24) is 4.90 Å². The van der Waals surface area contributed by atoms with Gasteiger partial charge in [-0.25, -0.2) is 4.79 Å². The van der Waals surface area contributed by atoms with Crippen LogP contribution in [-0.4, -0.2) is 41.1 Å². The van der Waals surface area contributed by atoms with Crippen molar-refractivity contribution in [3.8, 4) is 5.75 Å². The van der Waals surface area contributed by atoms with Gasteiger partial charge in [-0.3, -0.25) is 4.79 Å². The Morgan fingerprint density at radius 3 is 2.57 bits per heavy atom. The predicted octanol–water partition coefficient (Wildman–Crippen LogP) is 1.75. The Morgan fingerprint density at radius 2 is 1.95 bits per heavy atom. The Bertz CT molecular complexity index is 538. The number of nitrogens with zero attached hydrogens (tertiary/aromatic N) is 1. The number of amides is 1. The first-order valence-electron chi connectivity index (χ1n) is 7.08. The molecule has 1 atom stereocenters. The van der Waals surface area contributed by atoms with E-state index < -0.39 is 12.1 Å². The van der Waals surface area contributed by atoms with Crippen LogP contribution in [0, 0.1) is 0 Å². The number of hydrogen-bond donors (Lipinski definition) is 2. The van der Waals surface area contributed by atoms with Crippen LogP contribution < -0.4 is 10.5 Å². The summed E-state index contributed by atoms with van der Waals surface area (Å²) in [6.45, 7) is 3.07. The van der Waals surface area contributed by atoms with Crippen LogP contribution in [0.4, 0.5) is 5.69 Å². The number of nitrogen functional groups attached to an aromatic ring is 1. The Morgan fingerprint density at radius 1 is 1.29 bits per heavy atom. The third kappa shape index (κ3) is 3.45.